The van der Waals surface area contributed by atoms with Gasteiger partial charge in [-0.25, -0.2) is 0 Å². The van der Waals surface area contributed by atoms with Crippen LogP contribution in [0.4, 0.5) is 0 Å². The van der Waals surface area contributed by atoms with Crippen LogP contribution in [0.5, 0.6) is 0 Å². The van der Waals surface area contributed by atoms with Gasteiger partial charge in [0.2, 0.25) is 0 Å². The molecular formula is C19H20N2O2. The van der Waals surface area contributed by atoms with Crippen molar-refractivity contribution in [3.05, 3.63) is 47.5 Å². The second-order valence-electron chi connectivity index (χ2n) is 5.87. The Hall–Kier alpha value is -2.46. The van der Waals surface area contributed by atoms with E-state index >= 15 is 0 Å². The van der Waals surface area contributed by atoms with Gasteiger partial charge in [-0.3, -0.25) is 9.59 Å². The van der Waals surface area contributed by atoms with Crippen molar-refractivity contribution in [1.82, 2.24) is 4.57 Å². The van der Waals surface area contributed by atoms with E-state index in [1.807, 2.05) is 36.4 Å². The lowest BCUT2D eigenvalue weighted by Gasteiger charge is -2.06. The third-order valence-electron chi connectivity index (χ3n) is 4.26. The molecule has 1 aromatic heterocycles. The molecule has 4 nitrogen and oxygen atoms in total. The van der Waals surface area contributed by atoms with Gasteiger partial charge in [0.05, 0.1) is 0 Å². The standard InChI is InChI=1S/C19H20N2O2/c1-12(22)14-4-6-18-16(10-14)17-11-15(13(2)23)5-7-19(17)21(18)9-3-8-20/h4-7,10-11H,3,8-9,20H2,1-2H3. The summed E-state index contributed by atoms with van der Waals surface area (Å²) in [5, 5.41) is 2.01. The Morgan fingerprint density at radius 2 is 1.39 bits per heavy atom. The minimum Gasteiger partial charge on any atom is -0.340 e. The van der Waals surface area contributed by atoms with Crippen LogP contribution in [0, 0.1) is 0 Å². The highest BCUT2D eigenvalue weighted by molar-refractivity contribution is 6.12. The molecule has 0 radical (unpaired) electrons. The molecule has 4 heteroatoms. The number of Topliss-reactive ketones (excluding diaryl/α,β-unsaturated/α-hetero) is 2. The molecule has 0 unspecified atom stereocenters. The second kappa shape index (κ2) is 5.97. The molecular weight excluding hydrogens is 288 g/mol. The summed E-state index contributed by atoms with van der Waals surface area (Å²) in [5.74, 6) is 0.0787. The highest BCUT2D eigenvalue weighted by Gasteiger charge is 2.13. The van der Waals surface area contributed by atoms with Gasteiger partial charge in [-0.05, 0) is 63.2 Å². The van der Waals surface area contributed by atoms with Crippen molar-refractivity contribution in [3.8, 4) is 0 Å². The average molecular weight is 308 g/mol. The van der Waals surface area contributed by atoms with E-state index in [9.17, 15) is 9.59 Å². The van der Waals surface area contributed by atoms with Crippen LogP contribution in [0.2, 0.25) is 0 Å². The monoisotopic (exact) mass is 308 g/mol. The maximum Gasteiger partial charge on any atom is 0.159 e. The Kier molecular flexibility index (Phi) is 4.01. The van der Waals surface area contributed by atoms with E-state index in [0.717, 1.165) is 34.8 Å². The summed E-state index contributed by atoms with van der Waals surface area (Å²) in [4.78, 5) is 23.4. The van der Waals surface area contributed by atoms with E-state index in [4.69, 9.17) is 5.73 Å². The third kappa shape index (κ3) is 2.66. The zero-order valence-electron chi connectivity index (χ0n) is 13.4. The molecule has 23 heavy (non-hydrogen) atoms. The Morgan fingerprint density at radius 1 is 0.913 bits per heavy atom. The molecule has 2 aromatic carbocycles. The number of carbonyl (C=O) groups is 2. The maximum atomic E-state index is 11.7. The van der Waals surface area contributed by atoms with Crippen LogP contribution < -0.4 is 5.73 Å². The number of nitrogens with zero attached hydrogens (tertiary/aromatic N) is 1. The van der Waals surface area contributed by atoms with E-state index in [-0.39, 0.29) is 11.6 Å². The molecule has 0 saturated carbocycles. The van der Waals surface area contributed by atoms with Crippen molar-refractivity contribution in [2.24, 2.45) is 5.73 Å². The number of hydrogen-bond acceptors (Lipinski definition) is 3. The van der Waals surface area contributed by atoms with Gasteiger partial charge in [0.1, 0.15) is 0 Å². The maximum absolute atomic E-state index is 11.7. The first-order valence-electron chi connectivity index (χ1n) is 7.81. The molecule has 0 aliphatic heterocycles. The predicted molar refractivity (Wildman–Crippen MR) is 93.1 cm³/mol. The number of benzene rings is 2. The van der Waals surface area contributed by atoms with Crippen LogP contribution in [-0.4, -0.2) is 22.7 Å². The summed E-state index contributed by atoms with van der Waals surface area (Å²) >= 11 is 0. The van der Waals surface area contributed by atoms with Gasteiger partial charge in [-0.2, -0.15) is 0 Å². The number of hydrogen-bond donors (Lipinski definition) is 1. The first-order valence-corrected chi connectivity index (χ1v) is 7.81. The third-order valence-corrected chi connectivity index (χ3v) is 4.26. The summed E-state index contributed by atoms with van der Waals surface area (Å²) in [6, 6.07) is 11.5. The van der Waals surface area contributed by atoms with Gasteiger partial charge >= 0.3 is 0 Å². The highest BCUT2D eigenvalue weighted by atomic mass is 16.1. The lowest BCUT2D eigenvalue weighted by molar-refractivity contribution is 0.100. The summed E-state index contributed by atoms with van der Waals surface area (Å²) in [5.41, 5.74) is 9.16. The zero-order chi connectivity index (χ0) is 16.6. The Morgan fingerprint density at radius 3 is 1.78 bits per heavy atom. The van der Waals surface area contributed by atoms with Crippen molar-refractivity contribution in [3.63, 3.8) is 0 Å². The fourth-order valence-electron chi connectivity index (χ4n) is 3.03. The second-order valence-corrected chi connectivity index (χ2v) is 5.87. The molecule has 118 valence electrons. The van der Waals surface area contributed by atoms with Crippen molar-refractivity contribution in [2.75, 3.05) is 6.54 Å². The molecule has 0 fully saturated rings. The first-order chi connectivity index (χ1) is 11.0. The topological polar surface area (TPSA) is 65.1 Å². The van der Waals surface area contributed by atoms with Gasteiger partial charge in [0.15, 0.2) is 11.6 Å². The molecule has 1 heterocycles. The normalized spacial score (nSPS) is 11.3. The largest absolute Gasteiger partial charge is 0.340 e. The molecule has 0 aliphatic rings. The van der Waals surface area contributed by atoms with Crippen LogP contribution in [-0.2, 0) is 6.54 Å². The molecule has 0 amide bonds. The van der Waals surface area contributed by atoms with Crippen LogP contribution in [0.25, 0.3) is 21.8 Å². The molecule has 2 N–H and O–H groups in total. The number of aryl methyl sites for hydroxylation is 1. The van der Waals surface area contributed by atoms with Gasteiger partial charge in [-0.15, -0.1) is 0 Å². The Balaban J connectivity index is 2.35. The first kappa shape index (κ1) is 15.4. The summed E-state index contributed by atoms with van der Waals surface area (Å²) in [6.07, 6.45) is 0.877. The van der Waals surface area contributed by atoms with Gasteiger partial charge < -0.3 is 10.3 Å². The molecule has 0 aliphatic carbocycles. The molecule has 3 aromatic rings. The van der Waals surface area contributed by atoms with Crippen LogP contribution in [0.1, 0.15) is 41.0 Å². The number of nitrogens with two attached hydrogens (primary N) is 1. The fourth-order valence-corrected chi connectivity index (χ4v) is 3.03. The smallest absolute Gasteiger partial charge is 0.159 e. The molecule has 0 spiro atoms. The minimum absolute atomic E-state index is 0.0393. The van der Waals surface area contributed by atoms with E-state index in [0.29, 0.717) is 17.7 Å². The molecule has 0 bridgehead atoms. The summed E-state index contributed by atoms with van der Waals surface area (Å²) in [6.45, 7) is 4.57. The summed E-state index contributed by atoms with van der Waals surface area (Å²) in [7, 11) is 0. The SMILES string of the molecule is CC(=O)c1ccc2c(c1)c1cc(C(C)=O)ccc1n2CCCN. The van der Waals surface area contributed by atoms with Crippen LogP contribution in [0.3, 0.4) is 0 Å². The molecule has 0 saturated heterocycles. The predicted octanol–water partition coefficient (Wildman–Crippen LogP) is 3.55. The molecule has 3 rings (SSSR count). The number of carbonyl (C=O) groups excluding carboxylic acids is 2. The average Bonchev–Trinajstić information content (AvgIpc) is 2.85. The van der Waals surface area contributed by atoms with Gasteiger partial charge in [-0.1, -0.05) is 0 Å². The van der Waals surface area contributed by atoms with E-state index in [2.05, 4.69) is 4.57 Å². The van der Waals surface area contributed by atoms with Crippen LogP contribution in [0.15, 0.2) is 36.4 Å². The summed E-state index contributed by atoms with van der Waals surface area (Å²) < 4.78 is 2.21. The van der Waals surface area contributed by atoms with Crippen molar-refractivity contribution in [2.45, 2.75) is 26.8 Å². The minimum atomic E-state index is 0.0393. The van der Waals surface area contributed by atoms with Crippen molar-refractivity contribution >= 4 is 33.4 Å². The lowest BCUT2D eigenvalue weighted by Crippen LogP contribution is -2.05. The van der Waals surface area contributed by atoms with E-state index in [1.165, 1.54) is 0 Å². The van der Waals surface area contributed by atoms with E-state index < -0.39 is 0 Å². The molecule has 0 atom stereocenters. The number of ketones is 2. The number of fused-ring (bicyclic) bond motifs is 3. The van der Waals surface area contributed by atoms with Crippen molar-refractivity contribution in [1.29, 1.82) is 0 Å². The Bertz CT molecular complexity index is 851. The van der Waals surface area contributed by atoms with Gasteiger partial charge in [0.25, 0.3) is 0 Å². The lowest BCUT2D eigenvalue weighted by atomic mass is 10.0. The van der Waals surface area contributed by atoms with Gasteiger partial charge in [0, 0.05) is 39.5 Å². The van der Waals surface area contributed by atoms with Crippen molar-refractivity contribution < 1.29 is 9.59 Å². The highest BCUT2D eigenvalue weighted by Crippen LogP contribution is 2.31. The quantitative estimate of drug-likeness (QED) is 0.733. The number of aromatic nitrogens is 1. The number of rotatable bonds is 5. The Labute approximate surface area is 134 Å². The zero-order valence-corrected chi connectivity index (χ0v) is 13.4. The van der Waals surface area contributed by atoms with Crippen LogP contribution >= 0.6 is 0 Å². The van der Waals surface area contributed by atoms with E-state index in [1.54, 1.807) is 13.8 Å². The fraction of sp³-hybridized carbons (Fsp3) is 0.263.